The molecule has 0 spiro atoms. The first kappa shape index (κ1) is 12.3. The van der Waals surface area contributed by atoms with E-state index in [1.165, 1.54) is 24.5 Å². The van der Waals surface area contributed by atoms with Gasteiger partial charge in [-0.3, -0.25) is 9.78 Å². The first-order chi connectivity index (χ1) is 7.40. The summed E-state index contributed by atoms with van der Waals surface area (Å²) in [6.45, 7) is 1.16. The number of carbonyl (C=O) groups is 2. The molecular weight excluding hydrogens is 212 g/mol. The molecule has 6 heteroatoms. The molecule has 0 aliphatic heterocycles. The topological polar surface area (TPSA) is 114 Å². The molecule has 4 N–H and O–H groups in total. The number of aliphatic carboxylic acids is 1. The molecule has 0 unspecified atom stereocenters. The second kappa shape index (κ2) is 4.38. The van der Waals surface area contributed by atoms with E-state index in [1.807, 2.05) is 0 Å². The Labute approximate surface area is 91.7 Å². The number of hydrogen-bond acceptors (Lipinski definition) is 5. The third-order valence-corrected chi connectivity index (χ3v) is 2.31. The first-order valence-electron chi connectivity index (χ1n) is 4.56. The van der Waals surface area contributed by atoms with Gasteiger partial charge in [-0.25, -0.2) is 4.79 Å². The Morgan fingerprint density at radius 1 is 1.56 bits per heavy atom. The molecule has 1 aromatic rings. The van der Waals surface area contributed by atoms with Crippen molar-refractivity contribution >= 4 is 11.8 Å². The third kappa shape index (κ3) is 1.93. The van der Waals surface area contributed by atoms with Crippen molar-refractivity contribution in [2.75, 3.05) is 0 Å². The zero-order valence-electron chi connectivity index (χ0n) is 8.62. The van der Waals surface area contributed by atoms with E-state index in [9.17, 15) is 14.7 Å². The standard InChI is InChI=1S/C10H12N2O4/c1-6(13)10(11,9(15)16)8(14)7-3-2-4-12-5-7/h2-6,13H,11H2,1H3,(H,15,16)/t6-,10-/m1/s1. The number of carbonyl (C=O) groups excluding carboxylic acids is 1. The lowest BCUT2D eigenvalue weighted by Crippen LogP contribution is -2.62. The molecular formula is C10H12N2O4. The average Bonchev–Trinajstić information content (AvgIpc) is 2.27. The van der Waals surface area contributed by atoms with E-state index in [0.29, 0.717) is 0 Å². The van der Waals surface area contributed by atoms with E-state index >= 15 is 0 Å². The highest BCUT2D eigenvalue weighted by atomic mass is 16.4. The highest BCUT2D eigenvalue weighted by molar-refractivity contribution is 6.16. The molecule has 0 aliphatic carbocycles. The van der Waals surface area contributed by atoms with E-state index in [2.05, 4.69) is 4.98 Å². The molecule has 0 aromatic carbocycles. The summed E-state index contributed by atoms with van der Waals surface area (Å²) in [5, 5.41) is 18.2. The summed E-state index contributed by atoms with van der Waals surface area (Å²) in [5.74, 6) is -2.44. The highest BCUT2D eigenvalue weighted by Gasteiger charge is 2.47. The Kier molecular flexibility index (Phi) is 3.36. The maximum atomic E-state index is 11.8. The zero-order valence-corrected chi connectivity index (χ0v) is 8.62. The highest BCUT2D eigenvalue weighted by Crippen LogP contribution is 2.15. The summed E-state index contributed by atoms with van der Waals surface area (Å²) < 4.78 is 0. The molecule has 0 saturated carbocycles. The first-order valence-corrected chi connectivity index (χ1v) is 4.56. The minimum Gasteiger partial charge on any atom is -0.479 e. The Morgan fingerprint density at radius 3 is 2.56 bits per heavy atom. The molecule has 1 aromatic heterocycles. The molecule has 0 amide bonds. The number of carboxylic acids is 1. The third-order valence-electron chi connectivity index (χ3n) is 2.31. The maximum absolute atomic E-state index is 11.8. The molecule has 6 nitrogen and oxygen atoms in total. The molecule has 0 fully saturated rings. The Balaban J connectivity index is 3.17. The van der Waals surface area contributed by atoms with Crippen molar-refractivity contribution < 1.29 is 19.8 Å². The number of nitrogens with zero attached hydrogens (tertiary/aromatic N) is 1. The number of ketones is 1. The smallest absolute Gasteiger partial charge is 0.334 e. The number of aliphatic hydroxyl groups is 1. The summed E-state index contributed by atoms with van der Waals surface area (Å²) in [5.41, 5.74) is 3.14. The summed E-state index contributed by atoms with van der Waals surface area (Å²) in [7, 11) is 0. The minimum absolute atomic E-state index is 0.0494. The van der Waals surface area contributed by atoms with E-state index in [1.54, 1.807) is 0 Å². The van der Waals surface area contributed by atoms with Crippen molar-refractivity contribution in [1.29, 1.82) is 0 Å². The van der Waals surface area contributed by atoms with Crippen molar-refractivity contribution in [1.82, 2.24) is 4.98 Å². The Morgan fingerprint density at radius 2 is 2.19 bits per heavy atom. The van der Waals surface area contributed by atoms with Crippen LogP contribution in [-0.4, -0.2) is 38.6 Å². The molecule has 0 aliphatic rings. The number of hydrogen-bond donors (Lipinski definition) is 3. The summed E-state index contributed by atoms with van der Waals surface area (Å²) in [4.78, 5) is 26.5. The van der Waals surface area contributed by atoms with E-state index < -0.39 is 23.4 Å². The number of nitrogens with two attached hydrogens (primary N) is 1. The van der Waals surface area contributed by atoms with Crippen molar-refractivity contribution in [3.63, 3.8) is 0 Å². The van der Waals surface area contributed by atoms with Crippen LogP contribution in [0.2, 0.25) is 0 Å². The van der Waals surface area contributed by atoms with Gasteiger partial charge in [0.1, 0.15) is 0 Å². The van der Waals surface area contributed by atoms with Gasteiger partial charge in [0.2, 0.25) is 5.54 Å². The SMILES string of the molecule is C[C@@H](O)[C@](N)(C(=O)O)C(=O)c1cccnc1. The molecule has 0 bridgehead atoms. The lowest BCUT2D eigenvalue weighted by atomic mass is 9.86. The van der Waals surface area contributed by atoms with E-state index in [-0.39, 0.29) is 5.56 Å². The monoisotopic (exact) mass is 224 g/mol. The van der Waals surface area contributed by atoms with Gasteiger partial charge in [-0.05, 0) is 19.1 Å². The number of carboxylic acid groups (broad SMARTS) is 1. The van der Waals surface area contributed by atoms with Gasteiger partial charge in [0.15, 0.2) is 5.78 Å². The molecule has 16 heavy (non-hydrogen) atoms. The summed E-state index contributed by atoms with van der Waals surface area (Å²) >= 11 is 0. The quantitative estimate of drug-likeness (QED) is 0.466. The molecule has 1 rings (SSSR count). The van der Waals surface area contributed by atoms with Gasteiger partial charge in [-0.15, -0.1) is 0 Å². The van der Waals surface area contributed by atoms with Crippen LogP contribution < -0.4 is 5.73 Å². The second-order valence-electron chi connectivity index (χ2n) is 3.42. The molecule has 0 radical (unpaired) electrons. The van der Waals surface area contributed by atoms with Gasteiger partial charge >= 0.3 is 5.97 Å². The van der Waals surface area contributed by atoms with Gasteiger partial charge < -0.3 is 15.9 Å². The zero-order chi connectivity index (χ0) is 12.3. The predicted octanol–water partition coefficient (Wildman–Crippen LogP) is -0.573. The number of rotatable bonds is 4. The van der Waals surface area contributed by atoms with Crippen LogP contribution in [0.25, 0.3) is 0 Å². The number of Topliss-reactive ketones (excluding diaryl/α,β-unsaturated/α-hetero) is 1. The lowest BCUT2D eigenvalue weighted by Gasteiger charge is -2.25. The fraction of sp³-hybridized carbons (Fsp3) is 0.300. The number of aliphatic hydroxyl groups excluding tert-OH is 1. The van der Waals surface area contributed by atoms with Crippen LogP contribution in [0.3, 0.4) is 0 Å². The fourth-order valence-electron chi connectivity index (χ4n) is 1.20. The Hall–Kier alpha value is -1.79. The number of aromatic nitrogens is 1. The van der Waals surface area contributed by atoms with Crippen molar-refractivity contribution in [3.05, 3.63) is 30.1 Å². The van der Waals surface area contributed by atoms with Gasteiger partial charge in [-0.2, -0.15) is 0 Å². The van der Waals surface area contributed by atoms with Crippen LogP contribution in [0.5, 0.6) is 0 Å². The van der Waals surface area contributed by atoms with Gasteiger partial charge in [0.05, 0.1) is 6.10 Å². The average molecular weight is 224 g/mol. The van der Waals surface area contributed by atoms with Crippen molar-refractivity contribution in [2.24, 2.45) is 5.73 Å². The molecule has 1 heterocycles. The van der Waals surface area contributed by atoms with Crippen LogP contribution >= 0.6 is 0 Å². The predicted molar refractivity (Wildman–Crippen MR) is 54.8 cm³/mol. The normalized spacial score (nSPS) is 16.2. The molecule has 2 atom stereocenters. The Bertz CT molecular complexity index is 405. The van der Waals surface area contributed by atoms with Crippen LogP contribution in [0.1, 0.15) is 17.3 Å². The summed E-state index contributed by atoms with van der Waals surface area (Å²) in [6.07, 6.45) is 1.14. The van der Waals surface area contributed by atoms with Gasteiger partial charge in [0.25, 0.3) is 0 Å². The largest absolute Gasteiger partial charge is 0.479 e. The molecule has 0 saturated heterocycles. The minimum atomic E-state index is -2.34. The van der Waals surface area contributed by atoms with Crippen LogP contribution in [0.4, 0.5) is 0 Å². The van der Waals surface area contributed by atoms with E-state index in [0.717, 1.165) is 6.92 Å². The second-order valence-corrected chi connectivity index (χ2v) is 3.42. The van der Waals surface area contributed by atoms with Gasteiger partial charge in [-0.1, -0.05) is 0 Å². The van der Waals surface area contributed by atoms with Crippen LogP contribution in [0, 0.1) is 0 Å². The summed E-state index contributed by atoms with van der Waals surface area (Å²) in [6, 6.07) is 2.87. The van der Waals surface area contributed by atoms with Gasteiger partial charge in [0, 0.05) is 18.0 Å². The van der Waals surface area contributed by atoms with E-state index in [4.69, 9.17) is 10.8 Å². The van der Waals surface area contributed by atoms with Crippen LogP contribution in [-0.2, 0) is 4.79 Å². The molecule has 86 valence electrons. The fourth-order valence-corrected chi connectivity index (χ4v) is 1.20. The number of pyridine rings is 1. The van der Waals surface area contributed by atoms with Crippen LogP contribution in [0.15, 0.2) is 24.5 Å². The lowest BCUT2D eigenvalue weighted by molar-refractivity contribution is -0.144. The maximum Gasteiger partial charge on any atom is 0.334 e. The van der Waals surface area contributed by atoms with Crippen molar-refractivity contribution in [2.45, 2.75) is 18.6 Å². The van der Waals surface area contributed by atoms with Crippen molar-refractivity contribution in [3.8, 4) is 0 Å².